The predicted molar refractivity (Wildman–Crippen MR) is 92.9 cm³/mol. The van der Waals surface area contributed by atoms with Crippen LogP contribution in [-0.4, -0.2) is 25.1 Å². The van der Waals surface area contributed by atoms with Gasteiger partial charge in [0.05, 0.1) is 18.7 Å². The van der Waals surface area contributed by atoms with Crippen LogP contribution in [-0.2, 0) is 12.7 Å². The average Bonchev–Trinajstić information content (AvgIpc) is 2.61. The lowest BCUT2D eigenvalue weighted by atomic mass is 10.1. The fourth-order valence-electron chi connectivity index (χ4n) is 2.48. The Labute approximate surface area is 150 Å². The first-order chi connectivity index (χ1) is 12.2. The van der Waals surface area contributed by atoms with Crippen molar-refractivity contribution in [3.8, 4) is 5.75 Å². The van der Waals surface area contributed by atoms with Crippen molar-refractivity contribution in [3.63, 3.8) is 0 Å². The quantitative estimate of drug-likeness (QED) is 0.839. The van der Waals surface area contributed by atoms with Crippen molar-refractivity contribution in [2.45, 2.75) is 25.7 Å². The largest absolute Gasteiger partial charge is 0.497 e. The summed E-state index contributed by atoms with van der Waals surface area (Å²) < 4.78 is 43.6. The Morgan fingerprint density at radius 1 is 1.19 bits per heavy atom. The van der Waals surface area contributed by atoms with Crippen molar-refractivity contribution in [2.75, 3.05) is 14.2 Å². The molecule has 0 bridgehead atoms. The topological polar surface area (TPSA) is 41.6 Å². The highest BCUT2D eigenvalue weighted by molar-refractivity contribution is 5.74. The van der Waals surface area contributed by atoms with Gasteiger partial charge in [0.25, 0.3) is 0 Å². The van der Waals surface area contributed by atoms with E-state index in [9.17, 15) is 18.0 Å². The van der Waals surface area contributed by atoms with Gasteiger partial charge in [0, 0.05) is 13.6 Å². The number of nitrogens with one attached hydrogen (secondary N) is 1. The van der Waals surface area contributed by atoms with Crippen molar-refractivity contribution in [3.05, 3.63) is 65.2 Å². The minimum atomic E-state index is -4.41. The molecule has 2 amide bonds. The third kappa shape index (κ3) is 5.15. The van der Waals surface area contributed by atoms with Gasteiger partial charge in [-0.1, -0.05) is 24.3 Å². The van der Waals surface area contributed by atoms with Gasteiger partial charge in [-0.3, -0.25) is 0 Å². The van der Waals surface area contributed by atoms with Gasteiger partial charge in [-0.15, -0.1) is 0 Å². The number of methoxy groups -OCH3 is 1. The van der Waals surface area contributed by atoms with Gasteiger partial charge in [-0.05, 0) is 42.3 Å². The third-order valence-electron chi connectivity index (χ3n) is 3.95. The highest BCUT2D eigenvalue weighted by atomic mass is 19.4. The van der Waals surface area contributed by atoms with Crippen molar-refractivity contribution >= 4 is 6.03 Å². The summed E-state index contributed by atoms with van der Waals surface area (Å²) in [6, 6.07) is 11.3. The lowest BCUT2D eigenvalue weighted by Gasteiger charge is -2.22. The van der Waals surface area contributed by atoms with Gasteiger partial charge < -0.3 is 15.0 Å². The highest BCUT2D eigenvalue weighted by Crippen LogP contribution is 2.30. The van der Waals surface area contributed by atoms with Gasteiger partial charge in [0.2, 0.25) is 0 Å². The molecule has 0 aliphatic carbocycles. The Hall–Kier alpha value is -2.70. The Bertz CT molecular complexity index is 762. The molecule has 4 nitrogen and oxygen atoms in total. The molecule has 0 saturated heterocycles. The summed E-state index contributed by atoms with van der Waals surface area (Å²) in [6.07, 6.45) is -4.41. The molecule has 0 fully saturated rings. The van der Waals surface area contributed by atoms with Gasteiger partial charge in [-0.25, -0.2) is 4.79 Å². The second kappa shape index (κ2) is 8.12. The number of hydrogen-bond acceptors (Lipinski definition) is 2. The number of urea groups is 1. The number of hydrogen-bond donors (Lipinski definition) is 1. The molecule has 7 heteroatoms. The van der Waals surface area contributed by atoms with E-state index >= 15 is 0 Å². The van der Waals surface area contributed by atoms with Crippen LogP contribution in [0.25, 0.3) is 0 Å². The van der Waals surface area contributed by atoms with Crippen LogP contribution in [0.4, 0.5) is 18.0 Å². The van der Waals surface area contributed by atoms with E-state index in [2.05, 4.69) is 5.32 Å². The van der Waals surface area contributed by atoms with Gasteiger partial charge in [-0.2, -0.15) is 13.2 Å². The molecule has 0 aromatic heterocycles. The number of carbonyl (C=O) groups is 1. The Morgan fingerprint density at radius 2 is 1.88 bits per heavy atom. The molecule has 2 aromatic carbocycles. The monoisotopic (exact) mass is 366 g/mol. The molecule has 0 aliphatic heterocycles. The normalized spacial score (nSPS) is 12.4. The lowest BCUT2D eigenvalue weighted by Crippen LogP contribution is -2.38. The van der Waals surface area contributed by atoms with Crippen molar-refractivity contribution < 1.29 is 22.7 Å². The Kier molecular flexibility index (Phi) is 6.13. The number of rotatable bonds is 5. The van der Waals surface area contributed by atoms with E-state index < -0.39 is 17.8 Å². The second-order valence-corrected chi connectivity index (χ2v) is 6.00. The van der Waals surface area contributed by atoms with E-state index in [4.69, 9.17) is 4.74 Å². The summed E-state index contributed by atoms with van der Waals surface area (Å²) in [4.78, 5) is 13.8. The number of halogens is 3. The third-order valence-corrected chi connectivity index (χ3v) is 3.95. The molecule has 0 spiro atoms. The summed E-state index contributed by atoms with van der Waals surface area (Å²) in [5.74, 6) is 0.689. The lowest BCUT2D eigenvalue weighted by molar-refractivity contribution is -0.137. The molecular weight excluding hydrogens is 345 g/mol. The van der Waals surface area contributed by atoms with Crippen LogP contribution >= 0.6 is 0 Å². The first kappa shape index (κ1) is 19.6. The smallest absolute Gasteiger partial charge is 0.416 e. The zero-order valence-electron chi connectivity index (χ0n) is 14.8. The standard InChI is InChI=1S/C19H21F3N2O2/c1-13(15-7-5-8-16(11-15)19(20,21)22)23-18(25)24(2)12-14-6-4-9-17(10-14)26-3/h4-11,13H,12H2,1-3H3,(H,23,25). The van der Waals surface area contributed by atoms with Gasteiger partial charge in [0.1, 0.15) is 5.75 Å². The first-order valence-electron chi connectivity index (χ1n) is 8.02. The fourth-order valence-corrected chi connectivity index (χ4v) is 2.48. The van der Waals surface area contributed by atoms with Crippen molar-refractivity contribution in [2.24, 2.45) is 0 Å². The average molecular weight is 366 g/mol. The maximum atomic E-state index is 12.8. The molecule has 2 rings (SSSR count). The zero-order chi connectivity index (χ0) is 19.3. The summed E-state index contributed by atoms with van der Waals surface area (Å²) in [5.41, 5.74) is 0.539. The molecule has 26 heavy (non-hydrogen) atoms. The maximum absolute atomic E-state index is 12.8. The Morgan fingerprint density at radius 3 is 2.54 bits per heavy atom. The number of ether oxygens (including phenoxy) is 1. The molecule has 140 valence electrons. The number of nitrogens with zero attached hydrogens (tertiary/aromatic N) is 1. The maximum Gasteiger partial charge on any atom is 0.416 e. The summed E-state index contributed by atoms with van der Waals surface area (Å²) in [6.45, 7) is 1.99. The van der Waals surface area contributed by atoms with E-state index in [0.717, 1.165) is 17.7 Å². The number of amides is 2. The molecule has 0 radical (unpaired) electrons. The highest BCUT2D eigenvalue weighted by Gasteiger charge is 2.30. The van der Waals surface area contributed by atoms with Crippen LogP contribution < -0.4 is 10.1 Å². The van der Waals surface area contributed by atoms with Crippen molar-refractivity contribution in [1.82, 2.24) is 10.2 Å². The number of alkyl halides is 3. The minimum Gasteiger partial charge on any atom is -0.497 e. The van der Waals surface area contributed by atoms with Gasteiger partial charge in [0.15, 0.2) is 0 Å². The molecule has 1 atom stereocenters. The zero-order valence-corrected chi connectivity index (χ0v) is 14.8. The first-order valence-corrected chi connectivity index (χ1v) is 8.02. The molecule has 1 N–H and O–H groups in total. The molecule has 0 aliphatic rings. The van der Waals surface area contributed by atoms with E-state index in [1.165, 1.54) is 11.0 Å². The summed E-state index contributed by atoms with van der Waals surface area (Å²) in [5, 5.41) is 2.71. The minimum absolute atomic E-state index is 0.346. The van der Waals surface area contributed by atoms with E-state index in [1.807, 2.05) is 18.2 Å². The van der Waals surface area contributed by atoms with Crippen LogP contribution in [0.5, 0.6) is 5.75 Å². The van der Waals surface area contributed by atoms with Crippen LogP contribution in [0.1, 0.15) is 29.7 Å². The number of benzene rings is 2. The molecule has 0 heterocycles. The van der Waals surface area contributed by atoms with Crippen LogP contribution in [0.2, 0.25) is 0 Å². The van der Waals surface area contributed by atoms with Crippen LogP contribution in [0.15, 0.2) is 48.5 Å². The summed E-state index contributed by atoms with van der Waals surface area (Å²) >= 11 is 0. The van der Waals surface area contributed by atoms with E-state index in [0.29, 0.717) is 17.9 Å². The molecular formula is C19H21F3N2O2. The second-order valence-electron chi connectivity index (χ2n) is 6.00. The molecule has 0 saturated carbocycles. The van der Waals surface area contributed by atoms with E-state index in [1.54, 1.807) is 33.2 Å². The van der Waals surface area contributed by atoms with Crippen LogP contribution in [0.3, 0.4) is 0 Å². The van der Waals surface area contributed by atoms with Crippen molar-refractivity contribution in [1.29, 1.82) is 0 Å². The van der Waals surface area contributed by atoms with E-state index in [-0.39, 0.29) is 6.03 Å². The van der Waals surface area contributed by atoms with Gasteiger partial charge >= 0.3 is 12.2 Å². The molecule has 1 unspecified atom stereocenters. The molecule has 2 aromatic rings. The SMILES string of the molecule is COc1cccc(CN(C)C(=O)NC(C)c2cccc(C(F)(F)F)c2)c1. The fraction of sp³-hybridized carbons (Fsp3) is 0.316. The van der Waals surface area contributed by atoms with Crippen LogP contribution in [0, 0.1) is 0 Å². The summed E-state index contributed by atoms with van der Waals surface area (Å²) in [7, 11) is 3.18. The number of carbonyl (C=O) groups excluding carboxylic acids is 1. The Balaban J connectivity index is 2.02. The predicted octanol–water partition coefficient (Wildman–Crippen LogP) is 4.62.